The second-order valence-corrected chi connectivity index (χ2v) is 6.56. The summed E-state index contributed by atoms with van der Waals surface area (Å²) in [7, 11) is -5.83. The summed E-state index contributed by atoms with van der Waals surface area (Å²) in [5.41, 5.74) is -6.91. The third-order valence-corrected chi connectivity index (χ3v) is 3.55. The standard InChI is InChI=1S/C11H9ClF3NO4S/c1-10(2)16-9(20-21(17,18)11(13,14)15)7-5-6(12)3-4-8(7)19-10/h3-5H,1-2H3. The highest BCUT2D eigenvalue weighted by atomic mass is 35.5. The number of hydrogen-bond donors (Lipinski definition) is 0. The monoisotopic (exact) mass is 343 g/mol. The van der Waals surface area contributed by atoms with Crippen molar-refractivity contribution in [2.75, 3.05) is 0 Å². The molecule has 0 spiro atoms. The molecule has 0 aromatic heterocycles. The Morgan fingerprint density at radius 2 is 1.95 bits per heavy atom. The minimum Gasteiger partial charge on any atom is -0.466 e. The number of alkyl halides is 3. The zero-order valence-electron chi connectivity index (χ0n) is 10.7. The van der Waals surface area contributed by atoms with Gasteiger partial charge in [0.15, 0.2) is 5.72 Å². The summed E-state index contributed by atoms with van der Waals surface area (Å²) < 4.78 is 69.0. The Morgan fingerprint density at radius 1 is 1.33 bits per heavy atom. The quantitative estimate of drug-likeness (QED) is 0.580. The molecule has 2 rings (SSSR count). The van der Waals surface area contributed by atoms with Crippen molar-refractivity contribution < 1.29 is 30.5 Å². The van der Waals surface area contributed by atoms with E-state index >= 15 is 0 Å². The fourth-order valence-corrected chi connectivity index (χ4v) is 2.17. The van der Waals surface area contributed by atoms with Crippen LogP contribution in [0, 0.1) is 0 Å². The Balaban J connectivity index is 2.52. The minimum atomic E-state index is -5.83. The number of aliphatic imine (C=N–C) groups is 1. The zero-order chi connectivity index (χ0) is 16.1. The lowest BCUT2D eigenvalue weighted by Gasteiger charge is -2.29. The highest BCUT2D eigenvalue weighted by molar-refractivity contribution is 7.88. The van der Waals surface area contributed by atoms with Crippen LogP contribution in [0.3, 0.4) is 0 Å². The largest absolute Gasteiger partial charge is 0.534 e. The highest BCUT2D eigenvalue weighted by Crippen LogP contribution is 2.34. The van der Waals surface area contributed by atoms with E-state index in [2.05, 4.69) is 9.18 Å². The van der Waals surface area contributed by atoms with E-state index in [0.717, 1.165) is 0 Å². The average molecular weight is 344 g/mol. The van der Waals surface area contributed by atoms with Gasteiger partial charge in [0.25, 0.3) is 0 Å². The summed E-state index contributed by atoms with van der Waals surface area (Å²) in [4.78, 5) is 3.73. The molecule has 0 saturated carbocycles. The lowest BCUT2D eigenvalue weighted by atomic mass is 10.1. The van der Waals surface area contributed by atoms with Gasteiger partial charge in [-0.05, 0) is 32.0 Å². The van der Waals surface area contributed by atoms with Gasteiger partial charge in [0.05, 0.1) is 5.56 Å². The normalized spacial score (nSPS) is 17.5. The molecule has 0 amide bonds. The average Bonchev–Trinajstić information content (AvgIpc) is 2.27. The van der Waals surface area contributed by atoms with Gasteiger partial charge in [0.1, 0.15) is 5.75 Å². The molecule has 0 saturated heterocycles. The molecule has 1 aliphatic rings. The van der Waals surface area contributed by atoms with Crippen molar-refractivity contribution in [2.45, 2.75) is 25.1 Å². The highest BCUT2D eigenvalue weighted by Gasteiger charge is 2.50. The van der Waals surface area contributed by atoms with Gasteiger partial charge in [0.2, 0.25) is 5.90 Å². The molecule has 0 unspecified atom stereocenters. The van der Waals surface area contributed by atoms with Crippen molar-refractivity contribution in [1.29, 1.82) is 0 Å². The number of hydrogen-bond acceptors (Lipinski definition) is 5. The molecule has 10 heteroatoms. The molecule has 0 bridgehead atoms. The number of nitrogens with zero attached hydrogens (tertiary/aromatic N) is 1. The fraction of sp³-hybridized carbons (Fsp3) is 0.364. The molecular weight excluding hydrogens is 335 g/mol. The second kappa shape index (κ2) is 4.77. The molecular formula is C11H9ClF3NO4S. The van der Waals surface area contributed by atoms with Gasteiger partial charge in [-0.1, -0.05) is 11.6 Å². The first kappa shape index (κ1) is 15.9. The molecule has 1 aromatic carbocycles. The van der Waals surface area contributed by atoms with E-state index in [1.165, 1.54) is 32.0 Å². The molecule has 0 atom stereocenters. The maximum absolute atomic E-state index is 12.4. The van der Waals surface area contributed by atoms with Crippen LogP contribution in [0.15, 0.2) is 23.2 Å². The van der Waals surface area contributed by atoms with Crippen LogP contribution in [-0.2, 0) is 14.3 Å². The Morgan fingerprint density at radius 3 is 2.52 bits per heavy atom. The van der Waals surface area contributed by atoms with E-state index in [1.54, 1.807) is 0 Å². The van der Waals surface area contributed by atoms with E-state index < -0.39 is 27.2 Å². The lowest BCUT2D eigenvalue weighted by Crippen LogP contribution is -2.36. The van der Waals surface area contributed by atoms with Crippen LogP contribution < -0.4 is 4.74 Å². The zero-order valence-corrected chi connectivity index (χ0v) is 12.3. The number of ether oxygens (including phenoxy) is 1. The molecule has 0 fully saturated rings. The first-order chi connectivity index (χ1) is 9.41. The number of rotatable bonds is 1. The van der Waals surface area contributed by atoms with Crippen molar-refractivity contribution in [3.05, 3.63) is 28.8 Å². The van der Waals surface area contributed by atoms with E-state index in [-0.39, 0.29) is 16.3 Å². The second-order valence-electron chi connectivity index (χ2n) is 4.59. The van der Waals surface area contributed by atoms with Gasteiger partial charge in [-0.15, -0.1) is 0 Å². The van der Waals surface area contributed by atoms with Crippen LogP contribution >= 0.6 is 11.6 Å². The maximum Gasteiger partial charge on any atom is 0.534 e. The maximum atomic E-state index is 12.4. The lowest BCUT2D eigenvalue weighted by molar-refractivity contribution is -0.0506. The van der Waals surface area contributed by atoms with Gasteiger partial charge < -0.3 is 8.92 Å². The predicted octanol–water partition coefficient (Wildman–Crippen LogP) is 3.08. The van der Waals surface area contributed by atoms with Gasteiger partial charge in [0, 0.05) is 5.02 Å². The van der Waals surface area contributed by atoms with Crippen LogP contribution in [0.5, 0.6) is 5.75 Å². The Labute approximate surface area is 123 Å². The Kier molecular flexibility index (Phi) is 3.61. The van der Waals surface area contributed by atoms with Gasteiger partial charge in [-0.2, -0.15) is 21.6 Å². The Bertz CT molecular complexity index is 713. The minimum absolute atomic E-state index is 0.0744. The van der Waals surface area contributed by atoms with Gasteiger partial charge in [-0.3, -0.25) is 0 Å². The van der Waals surface area contributed by atoms with E-state index in [4.69, 9.17) is 16.3 Å². The third kappa shape index (κ3) is 3.24. The van der Waals surface area contributed by atoms with Crippen molar-refractivity contribution in [3.63, 3.8) is 0 Å². The SMILES string of the molecule is CC1(C)N=C(OS(=O)(=O)C(F)(F)F)c2cc(Cl)ccc2O1. The van der Waals surface area contributed by atoms with Crippen LogP contribution in [0.4, 0.5) is 13.2 Å². The van der Waals surface area contributed by atoms with E-state index in [1.807, 2.05) is 0 Å². The molecule has 5 nitrogen and oxygen atoms in total. The van der Waals surface area contributed by atoms with Crippen LogP contribution in [-0.4, -0.2) is 25.5 Å². The van der Waals surface area contributed by atoms with Crippen molar-refractivity contribution in [3.8, 4) is 5.75 Å². The molecule has 1 aliphatic heterocycles. The molecule has 1 heterocycles. The molecule has 0 radical (unpaired) electrons. The summed E-state index contributed by atoms with van der Waals surface area (Å²) in [5, 5.41) is 0.165. The molecule has 0 aliphatic carbocycles. The number of halogens is 4. The van der Waals surface area contributed by atoms with Crippen molar-refractivity contribution in [1.82, 2.24) is 0 Å². The van der Waals surface area contributed by atoms with Crippen LogP contribution in [0.25, 0.3) is 0 Å². The van der Waals surface area contributed by atoms with Crippen molar-refractivity contribution >= 4 is 27.6 Å². The summed E-state index contributed by atoms with van der Waals surface area (Å²) >= 11 is 5.74. The van der Waals surface area contributed by atoms with E-state index in [0.29, 0.717) is 0 Å². The van der Waals surface area contributed by atoms with E-state index in [9.17, 15) is 21.6 Å². The molecule has 0 N–H and O–H groups in total. The Hall–Kier alpha value is -1.48. The summed E-state index contributed by atoms with van der Waals surface area (Å²) in [6.07, 6.45) is 0. The third-order valence-electron chi connectivity index (χ3n) is 2.37. The summed E-state index contributed by atoms with van der Waals surface area (Å²) in [5.74, 6) is -0.604. The first-order valence-corrected chi connectivity index (χ1v) is 7.29. The van der Waals surface area contributed by atoms with Crippen LogP contribution in [0.1, 0.15) is 19.4 Å². The summed E-state index contributed by atoms with van der Waals surface area (Å²) in [6, 6.07) is 4.03. The number of fused-ring (bicyclic) bond motifs is 1. The smallest absolute Gasteiger partial charge is 0.466 e. The molecule has 1 aromatic rings. The van der Waals surface area contributed by atoms with Crippen LogP contribution in [0.2, 0.25) is 5.02 Å². The topological polar surface area (TPSA) is 65.0 Å². The van der Waals surface area contributed by atoms with Crippen molar-refractivity contribution in [2.24, 2.45) is 4.99 Å². The molecule has 21 heavy (non-hydrogen) atoms. The predicted molar refractivity (Wildman–Crippen MR) is 68.8 cm³/mol. The number of benzene rings is 1. The fourth-order valence-electron chi connectivity index (χ4n) is 1.57. The van der Waals surface area contributed by atoms with Gasteiger partial charge in [-0.25, -0.2) is 4.99 Å². The molecule has 116 valence electrons. The van der Waals surface area contributed by atoms with Gasteiger partial charge >= 0.3 is 15.6 Å². The summed E-state index contributed by atoms with van der Waals surface area (Å²) in [6.45, 7) is 2.88. The first-order valence-electron chi connectivity index (χ1n) is 5.51.